The fourth-order valence-corrected chi connectivity index (χ4v) is 2.97. The summed E-state index contributed by atoms with van der Waals surface area (Å²) in [6, 6.07) is 16.2. The smallest absolute Gasteiger partial charge is 0.320 e. The number of aryl methyl sites for hydroxylation is 1. The Balaban J connectivity index is 1.44. The van der Waals surface area contributed by atoms with Crippen LogP contribution in [0.15, 0.2) is 48.5 Å². The SMILES string of the molecule is Cc1cccc(OCNC(=O)N2CCN(c3ccccc3)CC2)c1C. The molecule has 2 amide bonds. The molecule has 0 radical (unpaired) electrons. The molecule has 132 valence electrons. The van der Waals surface area contributed by atoms with E-state index in [9.17, 15) is 4.79 Å². The number of amides is 2. The summed E-state index contributed by atoms with van der Waals surface area (Å²) < 4.78 is 5.70. The van der Waals surface area contributed by atoms with E-state index in [1.54, 1.807) is 0 Å². The van der Waals surface area contributed by atoms with Crippen molar-refractivity contribution in [3.05, 3.63) is 59.7 Å². The number of ether oxygens (including phenoxy) is 1. The zero-order chi connectivity index (χ0) is 17.6. The molecule has 0 aromatic heterocycles. The van der Waals surface area contributed by atoms with Gasteiger partial charge in [-0.15, -0.1) is 0 Å². The third kappa shape index (κ3) is 4.24. The van der Waals surface area contributed by atoms with E-state index in [0.29, 0.717) is 13.1 Å². The van der Waals surface area contributed by atoms with Crippen molar-refractivity contribution in [2.24, 2.45) is 0 Å². The molecule has 0 aliphatic carbocycles. The standard InChI is InChI=1S/C20H25N3O2/c1-16-7-6-10-19(17(16)2)25-15-21-20(24)23-13-11-22(12-14-23)18-8-4-3-5-9-18/h3-10H,11-15H2,1-2H3,(H,21,24). The second-order valence-electron chi connectivity index (χ2n) is 6.28. The average Bonchev–Trinajstić information content (AvgIpc) is 2.66. The Morgan fingerprint density at radius 3 is 2.44 bits per heavy atom. The fourth-order valence-electron chi connectivity index (χ4n) is 2.97. The Bertz CT molecular complexity index is 710. The summed E-state index contributed by atoms with van der Waals surface area (Å²) in [6.07, 6.45) is 0. The van der Waals surface area contributed by atoms with Crippen LogP contribution in [0.5, 0.6) is 5.75 Å². The quantitative estimate of drug-likeness (QED) is 0.870. The molecule has 2 aromatic carbocycles. The van der Waals surface area contributed by atoms with E-state index in [0.717, 1.165) is 24.4 Å². The maximum Gasteiger partial charge on any atom is 0.320 e. The molecule has 0 atom stereocenters. The molecule has 1 heterocycles. The largest absolute Gasteiger partial charge is 0.473 e. The Kier molecular flexibility index (Phi) is 5.43. The number of hydrogen-bond acceptors (Lipinski definition) is 3. The van der Waals surface area contributed by atoms with Crippen molar-refractivity contribution in [3.8, 4) is 5.75 Å². The molecule has 2 aromatic rings. The van der Waals surface area contributed by atoms with E-state index in [1.807, 2.05) is 55.1 Å². The molecule has 1 fully saturated rings. The molecule has 3 rings (SSSR count). The normalized spacial score (nSPS) is 14.3. The third-order valence-electron chi connectivity index (χ3n) is 4.69. The number of urea groups is 1. The molecule has 5 nitrogen and oxygen atoms in total. The summed E-state index contributed by atoms with van der Waals surface area (Å²) >= 11 is 0. The van der Waals surface area contributed by atoms with Crippen LogP contribution in [-0.4, -0.2) is 43.8 Å². The number of nitrogens with zero attached hydrogens (tertiary/aromatic N) is 2. The number of anilines is 1. The number of piperazine rings is 1. The molecule has 0 bridgehead atoms. The highest BCUT2D eigenvalue weighted by Gasteiger charge is 2.21. The second kappa shape index (κ2) is 7.92. The summed E-state index contributed by atoms with van der Waals surface area (Å²) in [4.78, 5) is 16.4. The van der Waals surface area contributed by atoms with Crippen molar-refractivity contribution in [1.29, 1.82) is 0 Å². The predicted octanol–water partition coefficient (Wildman–Crippen LogP) is 3.17. The van der Waals surface area contributed by atoms with E-state index in [-0.39, 0.29) is 12.8 Å². The van der Waals surface area contributed by atoms with E-state index in [1.165, 1.54) is 11.3 Å². The number of carbonyl (C=O) groups excluding carboxylic acids is 1. The number of benzene rings is 2. The first-order chi connectivity index (χ1) is 12.1. The molecule has 1 aliphatic heterocycles. The molecule has 1 aliphatic rings. The first kappa shape index (κ1) is 17.1. The van der Waals surface area contributed by atoms with Crippen molar-refractivity contribution in [1.82, 2.24) is 10.2 Å². The Labute approximate surface area is 149 Å². The van der Waals surface area contributed by atoms with Gasteiger partial charge < -0.3 is 19.9 Å². The van der Waals surface area contributed by atoms with E-state index in [2.05, 4.69) is 22.3 Å². The number of rotatable bonds is 4. The van der Waals surface area contributed by atoms with E-state index >= 15 is 0 Å². The van der Waals surface area contributed by atoms with Crippen molar-refractivity contribution in [2.45, 2.75) is 13.8 Å². The fraction of sp³-hybridized carbons (Fsp3) is 0.350. The van der Waals surface area contributed by atoms with Gasteiger partial charge in [0.25, 0.3) is 0 Å². The average molecular weight is 339 g/mol. The topological polar surface area (TPSA) is 44.8 Å². The third-order valence-corrected chi connectivity index (χ3v) is 4.69. The van der Waals surface area contributed by atoms with Crippen molar-refractivity contribution >= 4 is 11.7 Å². The summed E-state index contributed by atoms with van der Waals surface area (Å²) in [6.45, 7) is 7.36. The molecule has 1 N–H and O–H groups in total. The first-order valence-corrected chi connectivity index (χ1v) is 8.67. The van der Waals surface area contributed by atoms with Crippen molar-refractivity contribution in [2.75, 3.05) is 37.8 Å². The van der Waals surface area contributed by atoms with E-state index < -0.39 is 0 Å². The Morgan fingerprint density at radius 2 is 1.72 bits per heavy atom. The van der Waals surface area contributed by atoms with Gasteiger partial charge in [-0.2, -0.15) is 0 Å². The minimum absolute atomic E-state index is 0.0713. The zero-order valence-electron chi connectivity index (χ0n) is 14.9. The lowest BCUT2D eigenvalue weighted by Gasteiger charge is -2.36. The van der Waals surface area contributed by atoms with Crippen LogP contribution in [0.3, 0.4) is 0 Å². The van der Waals surface area contributed by atoms with Crippen LogP contribution < -0.4 is 15.0 Å². The minimum Gasteiger partial charge on any atom is -0.473 e. The molecule has 0 saturated carbocycles. The van der Waals surface area contributed by atoms with Crippen molar-refractivity contribution < 1.29 is 9.53 Å². The maximum absolute atomic E-state index is 12.3. The van der Waals surface area contributed by atoms with Crippen LogP contribution in [-0.2, 0) is 0 Å². The van der Waals surface area contributed by atoms with Crippen LogP contribution in [0.2, 0.25) is 0 Å². The van der Waals surface area contributed by atoms with Gasteiger partial charge >= 0.3 is 6.03 Å². The molecule has 25 heavy (non-hydrogen) atoms. The molecule has 0 spiro atoms. The summed E-state index contributed by atoms with van der Waals surface area (Å²) in [5.74, 6) is 0.814. The van der Waals surface area contributed by atoms with Crippen LogP contribution in [0.4, 0.5) is 10.5 Å². The lowest BCUT2D eigenvalue weighted by atomic mass is 10.1. The van der Waals surface area contributed by atoms with Crippen LogP contribution >= 0.6 is 0 Å². The van der Waals surface area contributed by atoms with Crippen LogP contribution in [0.1, 0.15) is 11.1 Å². The lowest BCUT2D eigenvalue weighted by molar-refractivity contribution is 0.181. The molecule has 0 unspecified atom stereocenters. The molecule has 5 heteroatoms. The van der Waals surface area contributed by atoms with Gasteiger partial charge in [-0.3, -0.25) is 0 Å². The van der Waals surface area contributed by atoms with Gasteiger partial charge in [0, 0.05) is 31.9 Å². The van der Waals surface area contributed by atoms with Crippen LogP contribution in [0, 0.1) is 13.8 Å². The second-order valence-corrected chi connectivity index (χ2v) is 6.28. The number of para-hydroxylation sites is 1. The van der Waals surface area contributed by atoms with Gasteiger partial charge in [0.05, 0.1) is 0 Å². The maximum atomic E-state index is 12.3. The minimum atomic E-state index is -0.0713. The molecule has 1 saturated heterocycles. The predicted molar refractivity (Wildman–Crippen MR) is 100 cm³/mol. The van der Waals surface area contributed by atoms with E-state index in [4.69, 9.17) is 4.74 Å². The van der Waals surface area contributed by atoms with Gasteiger partial charge in [-0.05, 0) is 43.2 Å². The Morgan fingerprint density at radius 1 is 1.00 bits per heavy atom. The lowest BCUT2D eigenvalue weighted by Crippen LogP contribution is -2.52. The van der Waals surface area contributed by atoms with Gasteiger partial charge in [-0.1, -0.05) is 30.3 Å². The molecular weight excluding hydrogens is 314 g/mol. The van der Waals surface area contributed by atoms with Crippen LogP contribution in [0.25, 0.3) is 0 Å². The summed E-state index contributed by atoms with van der Waals surface area (Å²) in [5.41, 5.74) is 3.50. The monoisotopic (exact) mass is 339 g/mol. The highest BCUT2D eigenvalue weighted by atomic mass is 16.5. The van der Waals surface area contributed by atoms with Gasteiger partial charge in [0.2, 0.25) is 0 Å². The Hall–Kier alpha value is -2.69. The number of nitrogens with one attached hydrogen (secondary N) is 1. The number of hydrogen-bond donors (Lipinski definition) is 1. The zero-order valence-corrected chi connectivity index (χ0v) is 14.9. The van der Waals surface area contributed by atoms with Crippen molar-refractivity contribution in [3.63, 3.8) is 0 Å². The van der Waals surface area contributed by atoms with Gasteiger partial charge in [0.1, 0.15) is 5.75 Å². The summed E-state index contributed by atoms with van der Waals surface area (Å²) in [5, 5.41) is 2.85. The summed E-state index contributed by atoms with van der Waals surface area (Å²) in [7, 11) is 0. The highest BCUT2D eigenvalue weighted by Crippen LogP contribution is 2.20. The van der Waals surface area contributed by atoms with Gasteiger partial charge in [-0.25, -0.2) is 4.79 Å². The van der Waals surface area contributed by atoms with Gasteiger partial charge in [0.15, 0.2) is 6.73 Å². The highest BCUT2D eigenvalue weighted by molar-refractivity contribution is 5.74. The number of carbonyl (C=O) groups is 1. The first-order valence-electron chi connectivity index (χ1n) is 8.67. The molecular formula is C20H25N3O2.